The predicted molar refractivity (Wildman–Crippen MR) is 106 cm³/mol. The molecule has 0 aliphatic rings. The third-order valence-electron chi connectivity index (χ3n) is 4.05. The van der Waals surface area contributed by atoms with E-state index in [0.717, 1.165) is 16.7 Å². The molecule has 6 heteroatoms. The van der Waals surface area contributed by atoms with E-state index < -0.39 is 0 Å². The van der Waals surface area contributed by atoms with Gasteiger partial charge in [0.2, 0.25) is 0 Å². The van der Waals surface area contributed by atoms with E-state index >= 15 is 0 Å². The highest BCUT2D eigenvalue weighted by Gasteiger charge is 2.06. The number of hydrogen-bond acceptors (Lipinski definition) is 4. The van der Waals surface area contributed by atoms with Gasteiger partial charge in [0.05, 0.1) is 6.21 Å². The van der Waals surface area contributed by atoms with Gasteiger partial charge in [-0.1, -0.05) is 23.7 Å². The number of nitrogens with one attached hydrogen (secondary N) is 1. The molecule has 1 N–H and O–H groups in total. The lowest BCUT2D eigenvalue weighted by Gasteiger charge is -2.09. The van der Waals surface area contributed by atoms with Crippen molar-refractivity contribution in [3.63, 3.8) is 0 Å². The third kappa shape index (κ3) is 4.99. The molecular formula is C21H19ClN2O3. The Hall–Kier alpha value is -3.05. The van der Waals surface area contributed by atoms with Gasteiger partial charge in [0.15, 0.2) is 6.61 Å². The van der Waals surface area contributed by atoms with Crippen LogP contribution in [0.15, 0.2) is 64.1 Å². The van der Waals surface area contributed by atoms with Gasteiger partial charge < -0.3 is 9.15 Å². The van der Waals surface area contributed by atoms with Crippen molar-refractivity contribution in [1.82, 2.24) is 5.43 Å². The summed E-state index contributed by atoms with van der Waals surface area (Å²) in [5.74, 6) is 1.55. The van der Waals surface area contributed by atoms with Gasteiger partial charge in [-0.25, -0.2) is 5.43 Å². The molecule has 0 unspecified atom stereocenters. The van der Waals surface area contributed by atoms with Gasteiger partial charge in [0.1, 0.15) is 17.3 Å². The normalized spacial score (nSPS) is 10.9. The number of hydrogen-bond donors (Lipinski definition) is 1. The summed E-state index contributed by atoms with van der Waals surface area (Å²) >= 11 is 5.88. The van der Waals surface area contributed by atoms with E-state index in [-0.39, 0.29) is 12.5 Å². The van der Waals surface area contributed by atoms with Crippen LogP contribution in [0.4, 0.5) is 0 Å². The Labute approximate surface area is 162 Å². The minimum Gasteiger partial charge on any atom is -0.483 e. The fraction of sp³-hybridized carbons (Fsp3) is 0.143. The number of rotatable bonds is 6. The van der Waals surface area contributed by atoms with E-state index in [2.05, 4.69) is 10.5 Å². The van der Waals surface area contributed by atoms with Crippen molar-refractivity contribution in [2.75, 3.05) is 6.61 Å². The second-order valence-electron chi connectivity index (χ2n) is 5.99. The summed E-state index contributed by atoms with van der Waals surface area (Å²) in [6.07, 6.45) is 1.44. The summed E-state index contributed by atoms with van der Waals surface area (Å²) in [6, 6.07) is 16.6. The summed E-state index contributed by atoms with van der Waals surface area (Å²) in [7, 11) is 0. The molecule has 1 amide bonds. The Morgan fingerprint density at radius 3 is 2.70 bits per heavy atom. The average Bonchev–Trinajstić information content (AvgIpc) is 3.12. The number of nitrogens with zero attached hydrogens (tertiary/aromatic N) is 1. The van der Waals surface area contributed by atoms with Crippen molar-refractivity contribution in [2.45, 2.75) is 13.8 Å². The Bertz CT molecular complexity index is 962. The van der Waals surface area contributed by atoms with Gasteiger partial charge in [0, 0.05) is 10.6 Å². The molecule has 0 bridgehead atoms. The van der Waals surface area contributed by atoms with Crippen molar-refractivity contribution >= 4 is 23.7 Å². The van der Waals surface area contributed by atoms with Crippen molar-refractivity contribution in [1.29, 1.82) is 0 Å². The summed E-state index contributed by atoms with van der Waals surface area (Å²) in [4.78, 5) is 11.9. The van der Waals surface area contributed by atoms with E-state index in [0.29, 0.717) is 22.3 Å². The summed E-state index contributed by atoms with van der Waals surface area (Å²) in [5, 5.41) is 4.56. The maximum atomic E-state index is 11.9. The minimum absolute atomic E-state index is 0.115. The zero-order valence-electron chi connectivity index (χ0n) is 15.0. The van der Waals surface area contributed by atoms with Crippen molar-refractivity contribution in [3.8, 4) is 17.1 Å². The maximum Gasteiger partial charge on any atom is 0.277 e. The zero-order chi connectivity index (χ0) is 19.2. The van der Waals surface area contributed by atoms with Gasteiger partial charge in [-0.2, -0.15) is 5.10 Å². The molecule has 0 aliphatic carbocycles. The fourth-order valence-electron chi connectivity index (χ4n) is 2.42. The SMILES string of the molecule is Cc1cccc(OCC(=O)N/N=C\c2ccc(-c3ccc(Cl)cc3)o2)c1C. The Kier molecular flexibility index (Phi) is 5.94. The maximum absolute atomic E-state index is 11.9. The zero-order valence-corrected chi connectivity index (χ0v) is 15.8. The summed E-state index contributed by atoms with van der Waals surface area (Å²) in [5.41, 5.74) is 5.45. The molecule has 2 aromatic carbocycles. The molecule has 0 radical (unpaired) electrons. The van der Waals surface area contributed by atoms with E-state index in [1.165, 1.54) is 6.21 Å². The Morgan fingerprint density at radius 2 is 1.93 bits per heavy atom. The van der Waals surface area contributed by atoms with Crippen LogP contribution in [0.1, 0.15) is 16.9 Å². The highest BCUT2D eigenvalue weighted by Crippen LogP contribution is 2.23. The largest absolute Gasteiger partial charge is 0.483 e. The minimum atomic E-state index is -0.350. The molecule has 0 saturated carbocycles. The first kappa shape index (κ1) is 18.7. The van der Waals surface area contributed by atoms with E-state index in [4.69, 9.17) is 20.8 Å². The quantitative estimate of drug-likeness (QED) is 0.494. The molecule has 3 rings (SSSR count). The van der Waals surface area contributed by atoms with Gasteiger partial charge in [0.25, 0.3) is 5.91 Å². The molecule has 1 aromatic heterocycles. The first-order valence-electron chi connectivity index (χ1n) is 8.39. The Morgan fingerprint density at radius 1 is 1.15 bits per heavy atom. The molecular weight excluding hydrogens is 364 g/mol. The third-order valence-corrected chi connectivity index (χ3v) is 4.30. The lowest BCUT2D eigenvalue weighted by Crippen LogP contribution is -2.24. The number of ether oxygens (including phenoxy) is 1. The molecule has 3 aromatic rings. The summed E-state index contributed by atoms with van der Waals surface area (Å²) in [6.45, 7) is 3.83. The number of amides is 1. The lowest BCUT2D eigenvalue weighted by atomic mass is 10.1. The number of aryl methyl sites for hydroxylation is 1. The van der Waals surface area contributed by atoms with Crippen LogP contribution in [0.2, 0.25) is 5.02 Å². The van der Waals surface area contributed by atoms with Crippen LogP contribution < -0.4 is 10.2 Å². The van der Waals surface area contributed by atoms with Gasteiger partial charge >= 0.3 is 0 Å². The van der Waals surface area contributed by atoms with Crippen LogP contribution in [0.25, 0.3) is 11.3 Å². The van der Waals surface area contributed by atoms with Crippen LogP contribution in [0, 0.1) is 13.8 Å². The van der Waals surface area contributed by atoms with Gasteiger partial charge in [-0.3, -0.25) is 4.79 Å². The highest BCUT2D eigenvalue weighted by molar-refractivity contribution is 6.30. The standard InChI is InChI=1S/C21H19ClN2O3/c1-14-4-3-5-19(15(14)2)26-13-21(25)24-23-12-18-10-11-20(27-18)16-6-8-17(22)9-7-16/h3-12H,13H2,1-2H3,(H,24,25)/b23-12-. The molecule has 0 spiro atoms. The molecule has 5 nitrogen and oxygen atoms in total. The topological polar surface area (TPSA) is 63.8 Å². The number of halogens is 1. The highest BCUT2D eigenvalue weighted by atomic mass is 35.5. The number of benzene rings is 2. The number of carbonyl (C=O) groups excluding carboxylic acids is 1. The lowest BCUT2D eigenvalue weighted by molar-refractivity contribution is -0.123. The van der Waals surface area contributed by atoms with Crippen molar-refractivity contribution in [2.24, 2.45) is 5.10 Å². The van der Waals surface area contributed by atoms with Crippen LogP contribution in [0.3, 0.4) is 0 Å². The molecule has 138 valence electrons. The van der Waals surface area contributed by atoms with E-state index in [1.54, 1.807) is 18.2 Å². The van der Waals surface area contributed by atoms with Crippen molar-refractivity contribution < 1.29 is 13.9 Å². The monoisotopic (exact) mass is 382 g/mol. The summed E-state index contributed by atoms with van der Waals surface area (Å²) < 4.78 is 11.2. The van der Waals surface area contributed by atoms with E-state index in [9.17, 15) is 4.79 Å². The Balaban J connectivity index is 1.52. The number of carbonyl (C=O) groups is 1. The van der Waals surface area contributed by atoms with Gasteiger partial charge in [-0.05, 0) is 67.4 Å². The molecule has 27 heavy (non-hydrogen) atoms. The molecule has 0 saturated heterocycles. The second kappa shape index (κ2) is 8.56. The van der Waals surface area contributed by atoms with Crippen LogP contribution in [0.5, 0.6) is 5.75 Å². The van der Waals surface area contributed by atoms with Crippen LogP contribution >= 0.6 is 11.6 Å². The smallest absolute Gasteiger partial charge is 0.277 e. The molecule has 0 fully saturated rings. The van der Waals surface area contributed by atoms with Crippen molar-refractivity contribution in [3.05, 3.63) is 76.5 Å². The first-order chi connectivity index (χ1) is 13.0. The molecule has 0 aliphatic heterocycles. The molecule has 1 heterocycles. The van der Waals surface area contributed by atoms with Gasteiger partial charge in [-0.15, -0.1) is 0 Å². The fourth-order valence-corrected chi connectivity index (χ4v) is 2.54. The van der Waals surface area contributed by atoms with Crippen LogP contribution in [-0.2, 0) is 4.79 Å². The second-order valence-corrected chi connectivity index (χ2v) is 6.43. The number of furan rings is 1. The number of hydrazone groups is 1. The first-order valence-corrected chi connectivity index (χ1v) is 8.77. The van der Waals surface area contributed by atoms with E-state index in [1.807, 2.05) is 50.2 Å². The average molecular weight is 383 g/mol. The van der Waals surface area contributed by atoms with Crippen LogP contribution in [-0.4, -0.2) is 18.7 Å². The predicted octanol–water partition coefficient (Wildman–Crippen LogP) is 4.75. The molecule has 0 atom stereocenters.